The second-order valence-electron chi connectivity index (χ2n) is 2.72. The van der Waals surface area contributed by atoms with Crippen LogP contribution in [0.4, 0.5) is 5.69 Å². The molecular formula is C8H8BNO3. The fourth-order valence-electron chi connectivity index (χ4n) is 1.04. The van der Waals surface area contributed by atoms with Crippen LogP contribution in [0.5, 0.6) is 0 Å². The largest absolute Gasteiger partial charge is 0.508 e. The maximum atomic E-state index is 10.5. The van der Waals surface area contributed by atoms with Crippen LogP contribution in [0, 0.1) is 10.1 Å². The molecule has 0 bridgehead atoms. The maximum Gasteiger partial charge on any atom is 0.280 e. The van der Waals surface area contributed by atoms with Crippen LogP contribution in [0.1, 0.15) is 5.56 Å². The summed E-state index contributed by atoms with van der Waals surface area (Å²) in [4.78, 5) is 9.95. The monoisotopic (exact) mass is 177 g/mol. The van der Waals surface area contributed by atoms with Crippen molar-refractivity contribution in [2.24, 2.45) is 0 Å². The number of nitrogens with zero attached hydrogens (tertiary/aromatic N) is 1. The van der Waals surface area contributed by atoms with E-state index in [1.807, 2.05) is 0 Å². The van der Waals surface area contributed by atoms with E-state index in [1.165, 1.54) is 12.1 Å². The lowest BCUT2D eigenvalue weighted by Gasteiger charge is -2.01. The van der Waals surface area contributed by atoms with Crippen LogP contribution >= 0.6 is 0 Å². The highest BCUT2D eigenvalue weighted by atomic mass is 16.6. The summed E-state index contributed by atoms with van der Waals surface area (Å²) < 4.78 is 0. The molecular weight excluding hydrogens is 169 g/mol. The van der Waals surface area contributed by atoms with Gasteiger partial charge >= 0.3 is 0 Å². The van der Waals surface area contributed by atoms with Gasteiger partial charge in [-0.15, -0.1) is 0 Å². The van der Waals surface area contributed by atoms with Gasteiger partial charge in [-0.3, -0.25) is 10.1 Å². The van der Waals surface area contributed by atoms with Crippen molar-refractivity contribution in [1.29, 1.82) is 0 Å². The van der Waals surface area contributed by atoms with E-state index in [0.717, 1.165) is 5.46 Å². The predicted octanol–water partition coefficient (Wildman–Crippen LogP) is 0.382. The SMILES string of the molecule is Bc1ccc([N+](=O)[O-])c(C(=C)O)c1. The van der Waals surface area contributed by atoms with Crippen molar-refractivity contribution >= 4 is 24.8 Å². The summed E-state index contributed by atoms with van der Waals surface area (Å²) in [6.07, 6.45) is 0. The summed E-state index contributed by atoms with van der Waals surface area (Å²) in [6, 6.07) is 4.50. The van der Waals surface area contributed by atoms with Crippen LogP contribution in [-0.2, 0) is 0 Å². The Labute approximate surface area is 76.1 Å². The van der Waals surface area contributed by atoms with Crippen LogP contribution in [0.25, 0.3) is 5.76 Å². The molecule has 13 heavy (non-hydrogen) atoms. The Morgan fingerprint density at radius 1 is 1.62 bits per heavy atom. The molecule has 0 atom stereocenters. The molecule has 66 valence electrons. The van der Waals surface area contributed by atoms with E-state index in [-0.39, 0.29) is 17.0 Å². The molecule has 1 rings (SSSR count). The molecule has 1 aromatic rings. The van der Waals surface area contributed by atoms with E-state index in [0.29, 0.717) is 0 Å². The summed E-state index contributed by atoms with van der Waals surface area (Å²) >= 11 is 0. The summed E-state index contributed by atoms with van der Waals surface area (Å²) in [6.45, 7) is 3.26. The minimum atomic E-state index is -0.545. The third-order valence-electron chi connectivity index (χ3n) is 1.66. The minimum Gasteiger partial charge on any atom is -0.508 e. The normalized spacial score (nSPS) is 9.54. The highest BCUT2D eigenvalue weighted by Gasteiger charge is 2.14. The van der Waals surface area contributed by atoms with Gasteiger partial charge < -0.3 is 5.11 Å². The molecule has 1 N–H and O–H groups in total. The van der Waals surface area contributed by atoms with Gasteiger partial charge in [0.25, 0.3) is 5.69 Å². The average molecular weight is 177 g/mol. The Morgan fingerprint density at radius 2 is 2.23 bits per heavy atom. The number of nitro groups is 1. The number of hydrogen-bond acceptors (Lipinski definition) is 3. The Morgan fingerprint density at radius 3 is 2.69 bits per heavy atom. The standard InChI is InChI=1S/C8H8BNO3/c1-5(11)7-4-6(9)2-3-8(7)10(12)13/h2-4,11H,1,9H2. The first kappa shape index (κ1) is 9.31. The second-order valence-corrected chi connectivity index (χ2v) is 2.72. The molecule has 0 radical (unpaired) electrons. The number of nitro benzene ring substituents is 1. The molecule has 0 heterocycles. The van der Waals surface area contributed by atoms with E-state index in [9.17, 15) is 10.1 Å². The van der Waals surface area contributed by atoms with Crippen molar-refractivity contribution in [2.75, 3.05) is 0 Å². The fraction of sp³-hybridized carbons (Fsp3) is 0. The van der Waals surface area contributed by atoms with Gasteiger partial charge in [0.05, 0.1) is 10.5 Å². The van der Waals surface area contributed by atoms with Crippen LogP contribution in [0.15, 0.2) is 24.8 Å². The minimum absolute atomic E-state index is 0.127. The Bertz CT molecular complexity index is 376. The van der Waals surface area contributed by atoms with Gasteiger partial charge in [-0.05, 0) is 0 Å². The number of aliphatic hydroxyl groups is 1. The van der Waals surface area contributed by atoms with E-state index >= 15 is 0 Å². The van der Waals surface area contributed by atoms with Gasteiger partial charge in [0.1, 0.15) is 13.6 Å². The number of rotatable bonds is 2. The molecule has 0 aliphatic carbocycles. The van der Waals surface area contributed by atoms with E-state index in [4.69, 9.17) is 5.11 Å². The highest BCUT2D eigenvalue weighted by molar-refractivity contribution is 6.32. The van der Waals surface area contributed by atoms with Crippen LogP contribution in [0.2, 0.25) is 0 Å². The van der Waals surface area contributed by atoms with Crippen molar-refractivity contribution in [1.82, 2.24) is 0 Å². The first-order valence-electron chi connectivity index (χ1n) is 3.65. The third-order valence-corrected chi connectivity index (χ3v) is 1.66. The van der Waals surface area contributed by atoms with Gasteiger partial charge in [0.15, 0.2) is 0 Å². The molecule has 0 saturated carbocycles. The summed E-state index contributed by atoms with van der Waals surface area (Å²) in [5.41, 5.74) is 0.888. The molecule has 4 nitrogen and oxygen atoms in total. The molecule has 0 aliphatic heterocycles. The van der Waals surface area contributed by atoms with Crippen LogP contribution in [0.3, 0.4) is 0 Å². The van der Waals surface area contributed by atoms with Gasteiger partial charge in [-0.2, -0.15) is 0 Å². The quantitative estimate of drug-likeness (QED) is 0.307. The maximum absolute atomic E-state index is 10.5. The van der Waals surface area contributed by atoms with Gasteiger partial charge in [-0.1, -0.05) is 24.2 Å². The molecule has 0 aliphatic rings. The Balaban J connectivity index is 3.35. The first-order valence-corrected chi connectivity index (χ1v) is 3.65. The molecule has 0 unspecified atom stereocenters. The number of benzene rings is 1. The zero-order valence-corrected chi connectivity index (χ0v) is 7.15. The predicted molar refractivity (Wildman–Crippen MR) is 52.9 cm³/mol. The van der Waals surface area contributed by atoms with Crippen LogP contribution in [-0.4, -0.2) is 17.9 Å². The molecule has 0 spiro atoms. The fourth-order valence-corrected chi connectivity index (χ4v) is 1.04. The number of aliphatic hydroxyl groups excluding tert-OH is 1. The lowest BCUT2D eigenvalue weighted by atomic mass is 9.93. The molecule has 0 fully saturated rings. The molecule has 1 aromatic carbocycles. The number of hydrogen-bond donors (Lipinski definition) is 1. The lowest BCUT2D eigenvalue weighted by Crippen LogP contribution is -2.05. The Kier molecular flexibility index (Phi) is 2.37. The molecule has 5 heteroatoms. The highest BCUT2D eigenvalue weighted by Crippen LogP contribution is 2.21. The van der Waals surface area contributed by atoms with Gasteiger partial charge in [0.2, 0.25) is 0 Å². The molecule has 0 saturated heterocycles. The topological polar surface area (TPSA) is 63.4 Å². The summed E-state index contributed by atoms with van der Waals surface area (Å²) in [5, 5.41) is 19.6. The van der Waals surface area contributed by atoms with Crippen molar-refractivity contribution in [2.45, 2.75) is 0 Å². The van der Waals surface area contributed by atoms with Crippen molar-refractivity contribution in [3.63, 3.8) is 0 Å². The molecule has 0 aromatic heterocycles. The van der Waals surface area contributed by atoms with Gasteiger partial charge in [-0.25, -0.2) is 0 Å². The van der Waals surface area contributed by atoms with Crippen molar-refractivity contribution < 1.29 is 10.0 Å². The van der Waals surface area contributed by atoms with E-state index < -0.39 is 4.92 Å². The Hall–Kier alpha value is -1.78. The second kappa shape index (κ2) is 3.31. The summed E-state index contributed by atoms with van der Waals surface area (Å²) in [5.74, 6) is -0.282. The molecule has 0 amide bonds. The van der Waals surface area contributed by atoms with E-state index in [1.54, 1.807) is 13.9 Å². The third kappa shape index (κ3) is 1.87. The van der Waals surface area contributed by atoms with E-state index in [2.05, 4.69) is 6.58 Å². The first-order chi connectivity index (χ1) is 6.02. The van der Waals surface area contributed by atoms with Crippen molar-refractivity contribution in [3.8, 4) is 0 Å². The lowest BCUT2D eigenvalue weighted by molar-refractivity contribution is -0.385. The summed E-state index contributed by atoms with van der Waals surface area (Å²) in [7, 11) is 1.79. The average Bonchev–Trinajstić information content (AvgIpc) is 2.03. The van der Waals surface area contributed by atoms with Gasteiger partial charge in [0, 0.05) is 6.07 Å². The zero-order valence-electron chi connectivity index (χ0n) is 7.15. The smallest absolute Gasteiger partial charge is 0.280 e. The zero-order chi connectivity index (χ0) is 10.0. The van der Waals surface area contributed by atoms with Crippen molar-refractivity contribution in [3.05, 3.63) is 40.5 Å². The van der Waals surface area contributed by atoms with Crippen LogP contribution < -0.4 is 5.46 Å².